The summed E-state index contributed by atoms with van der Waals surface area (Å²) in [5.41, 5.74) is 0.911. The van der Waals surface area contributed by atoms with E-state index in [4.69, 9.17) is 15.3 Å². The molecule has 94 valence electrons. The van der Waals surface area contributed by atoms with Crippen LogP contribution in [0.2, 0.25) is 0 Å². The number of carboxylic acid groups (broad SMARTS) is 1. The molecular weight excluding hydrogens is 244 g/mol. The Morgan fingerprint density at radius 3 is 2.35 bits per heavy atom. The molecule has 3 N–H and O–H groups in total. The number of aliphatic hydroxyl groups excluding tert-OH is 2. The van der Waals surface area contributed by atoms with E-state index in [1.165, 1.54) is 12.1 Å². The van der Waals surface area contributed by atoms with Gasteiger partial charge in [-0.2, -0.15) is 0 Å². The van der Waals surface area contributed by atoms with Crippen LogP contribution in [0, 0.1) is 0 Å². The fourth-order valence-corrected chi connectivity index (χ4v) is 2.47. The van der Waals surface area contributed by atoms with E-state index in [0.717, 1.165) is 5.56 Å². The fourth-order valence-electron chi connectivity index (χ4n) is 1.26. The van der Waals surface area contributed by atoms with Crippen molar-refractivity contribution in [3.05, 3.63) is 35.4 Å². The minimum Gasteiger partial charge on any atom is -0.478 e. The number of benzene rings is 1. The van der Waals surface area contributed by atoms with Crippen LogP contribution < -0.4 is 0 Å². The second-order valence-electron chi connectivity index (χ2n) is 3.59. The largest absolute Gasteiger partial charge is 0.478 e. The lowest BCUT2D eigenvalue weighted by Gasteiger charge is -2.07. The normalized spacial score (nSPS) is 14.2. The summed E-state index contributed by atoms with van der Waals surface area (Å²) in [5.74, 6) is -0.762. The lowest BCUT2D eigenvalue weighted by molar-refractivity contribution is 0.0697. The lowest BCUT2D eigenvalue weighted by Crippen LogP contribution is -2.21. The van der Waals surface area contributed by atoms with Crippen molar-refractivity contribution in [2.75, 3.05) is 12.4 Å². The summed E-state index contributed by atoms with van der Waals surface area (Å²) in [6, 6.07) is 6.06. The zero-order valence-corrected chi connectivity index (χ0v) is 9.89. The van der Waals surface area contributed by atoms with Gasteiger partial charge in [0.25, 0.3) is 0 Å². The molecule has 0 aliphatic carbocycles. The second-order valence-corrected chi connectivity index (χ2v) is 5.09. The quantitative estimate of drug-likeness (QED) is 0.667. The van der Waals surface area contributed by atoms with Crippen LogP contribution in [0.3, 0.4) is 0 Å². The van der Waals surface area contributed by atoms with Crippen molar-refractivity contribution in [1.82, 2.24) is 0 Å². The Morgan fingerprint density at radius 2 is 1.88 bits per heavy atom. The van der Waals surface area contributed by atoms with Gasteiger partial charge in [0.15, 0.2) is 0 Å². The number of carbonyl (C=O) groups is 1. The highest BCUT2D eigenvalue weighted by Crippen LogP contribution is 2.07. The van der Waals surface area contributed by atoms with Crippen LogP contribution in [0.5, 0.6) is 0 Å². The van der Waals surface area contributed by atoms with E-state index >= 15 is 0 Å². The van der Waals surface area contributed by atoms with E-state index in [1.807, 2.05) is 0 Å². The van der Waals surface area contributed by atoms with Gasteiger partial charge in [0.05, 0.1) is 24.0 Å². The van der Waals surface area contributed by atoms with Crippen molar-refractivity contribution in [1.29, 1.82) is 0 Å². The molecule has 0 radical (unpaired) electrons. The van der Waals surface area contributed by atoms with Gasteiger partial charge in [-0.25, -0.2) is 4.79 Å². The van der Waals surface area contributed by atoms with Crippen molar-refractivity contribution >= 4 is 16.8 Å². The minimum absolute atomic E-state index is 0.0111. The third-order valence-corrected chi connectivity index (χ3v) is 3.53. The lowest BCUT2D eigenvalue weighted by atomic mass is 10.1. The molecule has 17 heavy (non-hydrogen) atoms. The maximum absolute atomic E-state index is 11.5. The predicted octanol–water partition coefficient (Wildman–Crippen LogP) is -0.0133. The standard InChI is InChI=1S/C11H14O5S/c12-5-10(13)7-17(16)6-8-1-3-9(4-2-8)11(14)15/h1-4,10,12-13H,5-7H2,(H,14,15). The molecule has 0 aliphatic heterocycles. The highest BCUT2D eigenvalue weighted by molar-refractivity contribution is 7.84. The van der Waals surface area contributed by atoms with Gasteiger partial charge >= 0.3 is 5.97 Å². The van der Waals surface area contributed by atoms with E-state index in [9.17, 15) is 9.00 Å². The molecule has 1 aromatic rings. The van der Waals surface area contributed by atoms with Crippen LogP contribution >= 0.6 is 0 Å². The minimum atomic E-state index is -1.28. The van der Waals surface area contributed by atoms with Gasteiger partial charge in [-0.15, -0.1) is 0 Å². The van der Waals surface area contributed by atoms with Crippen LogP contribution in [-0.2, 0) is 16.6 Å². The van der Waals surface area contributed by atoms with E-state index < -0.39 is 29.5 Å². The number of carboxylic acids is 1. The number of aliphatic hydroxyl groups is 2. The van der Waals surface area contributed by atoms with Crippen molar-refractivity contribution in [2.45, 2.75) is 11.9 Å². The monoisotopic (exact) mass is 258 g/mol. The molecule has 5 nitrogen and oxygen atoms in total. The molecule has 0 bridgehead atoms. The van der Waals surface area contributed by atoms with Gasteiger partial charge in [-0.1, -0.05) is 12.1 Å². The Morgan fingerprint density at radius 1 is 1.29 bits per heavy atom. The van der Waals surface area contributed by atoms with E-state index in [0.29, 0.717) is 0 Å². The number of hydrogen-bond donors (Lipinski definition) is 3. The number of aromatic carboxylic acids is 1. The summed E-state index contributed by atoms with van der Waals surface area (Å²) in [4.78, 5) is 10.6. The SMILES string of the molecule is O=C(O)c1ccc(CS(=O)CC(O)CO)cc1. The molecule has 0 spiro atoms. The molecule has 1 aromatic carbocycles. The highest BCUT2D eigenvalue weighted by Gasteiger charge is 2.09. The van der Waals surface area contributed by atoms with Gasteiger partial charge in [0.2, 0.25) is 0 Å². The highest BCUT2D eigenvalue weighted by atomic mass is 32.2. The molecular formula is C11H14O5S. The first-order valence-electron chi connectivity index (χ1n) is 4.99. The zero-order chi connectivity index (χ0) is 12.8. The Kier molecular flexibility index (Phi) is 5.27. The summed E-state index contributed by atoms with van der Waals surface area (Å²) in [6.45, 7) is -0.413. The van der Waals surface area contributed by atoms with Crippen molar-refractivity contribution in [2.24, 2.45) is 0 Å². The molecule has 0 saturated carbocycles. The maximum atomic E-state index is 11.5. The van der Waals surface area contributed by atoms with E-state index in [2.05, 4.69) is 0 Å². The van der Waals surface area contributed by atoms with E-state index in [-0.39, 0.29) is 17.1 Å². The van der Waals surface area contributed by atoms with Crippen LogP contribution in [-0.4, -0.2) is 44.0 Å². The second kappa shape index (κ2) is 6.48. The van der Waals surface area contributed by atoms with Gasteiger partial charge in [0, 0.05) is 16.6 Å². The average Bonchev–Trinajstić information content (AvgIpc) is 2.29. The van der Waals surface area contributed by atoms with E-state index in [1.54, 1.807) is 12.1 Å². The van der Waals surface area contributed by atoms with Crippen molar-refractivity contribution < 1.29 is 24.3 Å². The Bertz CT molecular complexity index is 401. The van der Waals surface area contributed by atoms with Gasteiger partial charge in [0.1, 0.15) is 0 Å². The number of hydrogen-bond acceptors (Lipinski definition) is 4. The molecule has 1 rings (SSSR count). The van der Waals surface area contributed by atoms with Crippen LogP contribution in [0.25, 0.3) is 0 Å². The smallest absolute Gasteiger partial charge is 0.335 e. The average molecular weight is 258 g/mol. The van der Waals surface area contributed by atoms with Gasteiger partial charge in [-0.3, -0.25) is 4.21 Å². The van der Waals surface area contributed by atoms with Gasteiger partial charge < -0.3 is 15.3 Å². The molecule has 2 atom stereocenters. The van der Waals surface area contributed by atoms with Gasteiger partial charge in [-0.05, 0) is 17.7 Å². The molecule has 0 heterocycles. The number of rotatable bonds is 6. The molecule has 0 amide bonds. The zero-order valence-electron chi connectivity index (χ0n) is 9.07. The van der Waals surface area contributed by atoms with Crippen molar-refractivity contribution in [3.8, 4) is 0 Å². The topological polar surface area (TPSA) is 94.8 Å². The summed E-state index contributed by atoms with van der Waals surface area (Å²) in [7, 11) is -1.28. The molecule has 0 fully saturated rings. The first-order valence-corrected chi connectivity index (χ1v) is 6.48. The molecule has 0 saturated heterocycles. The fraction of sp³-hybridized carbons (Fsp3) is 0.364. The molecule has 2 unspecified atom stereocenters. The Hall–Kier alpha value is -1.24. The van der Waals surface area contributed by atoms with Crippen LogP contribution in [0.1, 0.15) is 15.9 Å². The van der Waals surface area contributed by atoms with Crippen molar-refractivity contribution in [3.63, 3.8) is 0 Å². The third-order valence-electron chi connectivity index (χ3n) is 2.12. The maximum Gasteiger partial charge on any atom is 0.335 e. The summed E-state index contributed by atoms with van der Waals surface area (Å²) >= 11 is 0. The van der Waals surface area contributed by atoms with Crippen LogP contribution in [0.15, 0.2) is 24.3 Å². The molecule has 6 heteroatoms. The molecule has 0 aromatic heterocycles. The predicted molar refractivity (Wildman–Crippen MR) is 63.2 cm³/mol. The Labute approximate surface area is 101 Å². The first-order chi connectivity index (χ1) is 8.02. The first kappa shape index (κ1) is 13.8. The third kappa shape index (κ3) is 4.64. The van der Waals surface area contributed by atoms with Crippen LogP contribution in [0.4, 0.5) is 0 Å². The Balaban J connectivity index is 2.57. The molecule has 0 aliphatic rings. The summed E-state index contributed by atoms with van der Waals surface area (Å²) < 4.78 is 11.5. The summed E-state index contributed by atoms with van der Waals surface area (Å²) in [5, 5.41) is 26.4. The summed E-state index contributed by atoms with van der Waals surface area (Å²) in [6.07, 6.45) is -0.978.